The predicted molar refractivity (Wildman–Crippen MR) is 83.9 cm³/mol. The summed E-state index contributed by atoms with van der Waals surface area (Å²) >= 11 is 2.98. The van der Waals surface area contributed by atoms with Crippen LogP contribution in [0, 0.1) is 0 Å². The molecule has 0 spiro atoms. The highest BCUT2D eigenvalue weighted by Gasteiger charge is 2.10. The molecule has 0 saturated carbocycles. The molecule has 3 heterocycles. The summed E-state index contributed by atoms with van der Waals surface area (Å²) < 4.78 is 7.50. The number of thiophene rings is 2. The van der Waals surface area contributed by atoms with Crippen molar-refractivity contribution in [3.63, 3.8) is 0 Å². The van der Waals surface area contributed by atoms with Crippen molar-refractivity contribution in [3.05, 3.63) is 50.5 Å². The Hall–Kier alpha value is -1.54. The lowest BCUT2D eigenvalue weighted by Crippen LogP contribution is -2.29. The van der Waals surface area contributed by atoms with E-state index < -0.39 is 6.10 Å². The SMILES string of the molecule is O=c1c2sccc2ncn1C[C@@H](O)COCc1cccs1. The van der Waals surface area contributed by atoms with Crippen molar-refractivity contribution in [1.29, 1.82) is 0 Å². The zero-order valence-electron chi connectivity index (χ0n) is 11.1. The van der Waals surface area contributed by atoms with Crippen LogP contribution in [0.25, 0.3) is 10.2 Å². The third kappa shape index (κ3) is 3.38. The summed E-state index contributed by atoms with van der Waals surface area (Å²) in [7, 11) is 0. The summed E-state index contributed by atoms with van der Waals surface area (Å²) in [4.78, 5) is 17.5. The average Bonchev–Trinajstić information content (AvgIpc) is 3.13. The highest BCUT2D eigenvalue weighted by atomic mass is 32.1. The molecule has 0 fully saturated rings. The van der Waals surface area contributed by atoms with Crippen molar-refractivity contribution in [2.24, 2.45) is 0 Å². The normalized spacial score (nSPS) is 12.8. The van der Waals surface area contributed by atoms with Crippen LogP contribution < -0.4 is 5.56 Å². The Kier molecular flexibility index (Phi) is 4.45. The fourth-order valence-corrected chi connectivity index (χ4v) is 3.41. The quantitative estimate of drug-likeness (QED) is 0.755. The molecule has 1 atom stereocenters. The highest BCUT2D eigenvalue weighted by Crippen LogP contribution is 2.13. The van der Waals surface area contributed by atoms with Crippen LogP contribution in [-0.4, -0.2) is 27.4 Å². The van der Waals surface area contributed by atoms with Gasteiger partial charge in [-0.1, -0.05) is 6.07 Å². The molecule has 3 aromatic heterocycles. The minimum Gasteiger partial charge on any atom is -0.389 e. The smallest absolute Gasteiger partial charge is 0.271 e. The van der Waals surface area contributed by atoms with E-state index in [1.165, 1.54) is 22.2 Å². The molecule has 0 aliphatic carbocycles. The molecule has 3 rings (SSSR count). The predicted octanol–water partition coefficient (Wildman–Crippen LogP) is 2.10. The Labute approximate surface area is 129 Å². The van der Waals surface area contributed by atoms with E-state index in [0.717, 1.165) is 4.88 Å². The van der Waals surface area contributed by atoms with Crippen molar-refractivity contribution < 1.29 is 9.84 Å². The number of ether oxygens (including phenoxy) is 1. The summed E-state index contributed by atoms with van der Waals surface area (Å²) in [6.45, 7) is 0.850. The highest BCUT2D eigenvalue weighted by molar-refractivity contribution is 7.17. The number of aliphatic hydroxyl groups is 1. The lowest BCUT2D eigenvalue weighted by atomic mass is 10.3. The monoisotopic (exact) mass is 322 g/mol. The third-order valence-electron chi connectivity index (χ3n) is 2.98. The molecule has 0 aliphatic rings. The van der Waals surface area contributed by atoms with Gasteiger partial charge in [-0.2, -0.15) is 0 Å². The van der Waals surface area contributed by atoms with Crippen LogP contribution in [0.4, 0.5) is 0 Å². The lowest BCUT2D eigenvalue weighted by molar-refractivity contribution is 0.0208. The van der Waals surface area contributed by atoms with Crippen LogP contribution in [0.1, 0.15) is 4.88 Å². The van der Waals surface area contributed by atoms with Gasteiger partial charge in [0.15, 0.2) is 0 Å². The largest absolute Gasteiger partial charge is 0.389 e. The van der Waals surface area contributed by atoms with Gasteiger partial charge in [0, 0.05) is 4.88 Å². The fraction of sp³-hybridized carbons (Fsp3) is 0.286. The summed E-state index contributed by atoms with van der Waals surface area (Å²) in [6, 6.07) is 5.75. The van der Waals surface area contributed by atoms with Gasteiger partial charge in [0.2, 0.25) is 0 Å². The Balaban J connectivity index is 1.59. The van der Waals surface area contributed by atoms with Crippen LogP contribution in [0.3, 0.4) is 0 Å². The summed E-state index contributed by atoms with van der Waals surface area (Å²) in [5.41, 5.74) is 0.581. The van der Waals surface area contributed by atoms with Crippen molar-refractivity contribution >= 4 is 32.9 Å². The van der Waals surface area contributed by atoms with Gasteiger partial charge in [-0.05, 0) is 22.9 Å². The first-order valence-electron chi connectivity index (χ1n) is 6.45. The standard InChI is InChI=1S/C14H14N2O3S2/c17-10(7-19-8-11-2-1-4-20-11)6-16-9-15-12-3-5-21-13(12)14(16)18/h1-5,9-10,17H,6-8H2/t10-/m1/s1. The summed E-state index contributed by atoms with van der Waals surface area (Å²) in [5.74, 6) is 0. The van der Waals surface area contributed by atoms with Crippen molar-refractivity contribution in [2.75, 3.05) is 6.61 Å². The molecular formula is C14H14N2O3S2. The number of hydrogen-bond donors (Lipinski definition) is 1. The molecule has 0 amide bonds. The van der Waals surface area contributed by atoms with Crippen LogP contribution in [0.15, 0.2) is 40.1 Å². The Bertz CT molecular complexity index is 764. The first-order valence-corrected chi connectivity index (χ1v) is 8.21. The minimum absolute atomic E-state index is 0.118. The summed E-state index contributed by atoms with van der Waals surface area (Å²) in [5, 5.41) is 13.8. The maximum Gasteiger partial charge on any atom is 0.271 e. The van der Waals surface area contributed by atoms with Crippen LogP contribution >= 0.6 is 22.7 Å². The molecule has 0 radical (unpaired) electrons. The number of aliphatic hydroxyl groups excluding tert-OH is 1. The molecule has 0 unspecified atom stereocenters. The van der Waals surface area contributed by atoms with Crippen molar-refractivity contribution in [3.8, 4) is 0 Å². The van der Waals surface area contributed by atoms with E-state index in [1.807, 2.05) is 29.0 Å². The first-order chi connectivity index (χ1) is 10.2. The molecule has 7 heteroatoms. The topological polar surface area (TPSA) is 64.4 Å². The molecule has 0 aromatic carbocycles. The molecule has 110 valence electrons. The second kappa shape index (κ2) is 6.48. The van der Waals surface area contributed by atoms with E-state index in [4.69, 9.17) is 4.74 Å². The van der Waals surface area contributed by atoms with Gasteiger partial charge in [0.05, 0.1) is 37.7 Å². The van der Waals surface area contributed by atoms with Gasteiger partial charge >= 0.3 is 0 Å². The Morgan fingerprint density at radius 3 is 3.05 bits per heavy atom. The molecule has 21 heavy (non-hydrogen) atoms. The zero-order chi connectivity index (χ0) is 14.7. The van der Waals surface area contributed by atoms with Crippen molar-refractivity contribution in [2.45, 2.75) is 19.3 Å². The Morgan fingerprint density at radius 2 is 2.24 bits per heavy atom. The number of aromatic nitrogens is 2. The number of rotatable bonds is 6. The maximum atomic E-state index is 12.2. The first kappa shape index (κ1) is 14.4. The number of nitrogens with zero attached hydrogens (tertiary/aromatic N) is 2. The zero-order valence-corrected chi connectivity index (χ0v) is 12.8. The lowest BCUT2D eigenvalue weighted by Gasteiger charge is -2.12. The van der Waals surface area contributed by atoms with Gasteiger partial charge in [-0.25, -0.2) is 4.98 Å². The van der Waals surface area contributed by atoms with E-state index in [2.05, 4.69) is 4.98 Å². The minimum atomic E-state index is -0.734. The van der Waals surface area contributed by atoms with E-state index >= 15 is 0 Å². The molecular weight excluding hydrogens is 308 g/mol. The van der Waals surface area contributed by atoms with Crippen molar-refractivity contribution in [1.82, 2.24) is 9.55 Å². The second-order valence-electron chi connectivity index (χ2n) is 4.59. The van der Waals surface area contributed by atoms with E-state index in [1.54, 1.807) is 11.3 Å². The van der Waals surface area contributed by atoms with Crippen LogP contribution in [-0.2, 0) is 17.9 Å². The van der Waals surface area contributed by atoms with E-state index in [-0.39, 0.29) is 18.7 Å². The molecule has 0 bridgehead atoms. The van der Waals surface area contributed by atoms with Gasteiger partial charge < -0.3 is 9.84 Å². The van der Waals surface area contributed by atoms with Gasteiger partial charge in [-0.3, -0.25) is 9.36 Å². The van der Waals surface area contributed by atoms with Crippen LogP contribution in [0.5, 0.6) is 0 Å². The van der Waals surface area contributed by atoms with E-state index in [9.17, 15) is 9.90 Å². The number of hydrogen-bond acceptors (Lipinski definition) is 6. The molecule has 5 nitrogen and oxygen atoms in total. The van der Waals surface area contributed by atoms with Crippen LogP contribution in [0.2, 0.25) is 0 Å². The van der Waals surface area contributed by atoms with Gasteiger partial charge in [0.1, 0.15) is 4.70 Å². The number of fused-ring (bicyclic) bond motifs is 1. The maximum absolute atomic E-state index is 12.2. The average molecular weight is 322 g/mol. The van der Waals surface area contributed by atoms with Gasteiger partial charge in [0.25, 0.3) is 5.56 Å². The van der Waals surface area contributed by atoms with E-state index in [0.29, 0.717) is 16.8 Å². The molecule has 0 aliphatic heterocycles. The second-order valence-corrected chi connectivity index (χ2v) is 6.53. The Morgan fingerprint density at radius 1 is 1.33 bits per heavy atom. The molecule has 0 saturated heterocycles. The molecule has 3 aromatic rings. The van der Waals surface area contributed by atoms with Gasteiger partial charge in [-0.15, -0.1) is 22.7 Å². The third-order valence-corrected chi connectivity index (χ3v) is 4.72. The summed E-state index contributed by atoms with van der Waals surface area (Å²) in [6.07, 6.45) is 0.738. The fourth-order valence-electron chi connectivity index (χ4n) is 1.98. The molecule has 1 N–H and O–H groups in total.